The van der Waals surface area contributed by atoms with Crippen LogP contribution < -0.4 is 9.64 Å². The molecule has 0 saturated heterocycles. The molecule has 0 spiro atoms. The van der Waals surface area contributed by atoms with Crippen LogP contribution in [0.5, 0.6) is 5.75 Å². The first-order chi connectivity index (χ1) is 18.4. The maximum absolute atomic E-state index is 13.8. The van der Waals surface area contributed by atoms with Gasteiger partial charge in [0.15, 0.2) is 16.7 Å². The number of benzene rings is 3. The van der Waals surface area contributed by atoms with Crippen LogP contribution in [0.3, 0.4) is 0 Å². The number of anilines is 1. The first kappa shape index (κ1) is 24.0. The van der Waals surface area contributed by atoms with E-state index in [9.17, 15) is 14.7 Å². The number of amides is 1. The topological polar surface area (TPSA) is 92.9 Å². The summed E-state index contributed by atoms with van der Waals surface area (Å²) in [5.74, 6) is -1.35. The van der Waals surface area contributed by atoms with Gasteiger partial charge in [0.25, 0.3) is 5.91 Å². The molecule has 1 atom stereocenters. The number of thiazole rings is 1. The molecule has 3 aromatic carbocycles. The van der Waals surface area contributed by atoms with Crippen molar-refractivity contribution in [2.45, 2.75) is 6.04 Å². The van der Waals surface area contributed by atoms with Gasteiger partial charge in [0.1, 0.15) is 17.9 Å². The number of ketones is 1. The summed E-state index contributed by atoms with van der Waals surface area (Å²) in [7, 11) is 0. The third kappa shape index (κ3) is 4.04. The van der Waals surface area contributed by atoms with Crippen LogP contribution in [0.4, 0.5) is 5.13 Å². The normalized spacial score (nSPS) is 15.6. The summed E-state index contributed by atoms with van der Waals surface area (Å²) in [6, 6.07) is 20.1. The number of Topliss-reactive ketones (excluding diaryl/α,β-unsaturated/α-hetero) is 1. The first-order valence-electron chi connectivity index (χ1n) is 11.6. The highest BCUT2D eigenvalue weighted by Crippen LogP contribution is 2.45. The molecule has 1 amide bonds. The van der Waals surface area contributed by atoms with E-state index >= 15 is 0 Å². The lowest BCUT2D eigenvalue weighted by Gasteiger charge is -2.24. The second-order valence-electron chi connectivity index (χ2n) is 8.59. The first-order valence-corrected chi connectivity index (χ1v) is 12.8. The molecular weight excluding hydrogens is 524 g/mol. The van der Waals surface area contributed by atoms with E-state index in [-0.39, 0.29) is 11.3 Å². The van der Waals surface area contributed by atoms with E-state index in [1.165, 1.54) is 16.2 Å². The molecule has 1 aliphatic heterocycles. The summed E-state index contributed by atoms with van der Waals surface area (Å²) in [5.41, 5.74) is 1.67. The maximum Gasteiger partial charge on any atom is 0.296 e. The van der Waals surface area contributed by atoms with Crippen LogP contribution in [-0.2, 0) is 4.79 Å². The van der Waals surface area contributed by atoms with Gasteiger partial charge >= 0.3 is 0 Å². The number of rotatable bonds is 7. The summed E-state index contributed by atoms with van der Waals surface area (Å²) in [6.07, 6.45) is 1.63. The Morgan fingerprint density at radius 3 is 2.71 bits per heavy atom. The number of nitrogens with zero attached hydrogens (tertiary/aromatic N) is 2. The van der Waals surface area contributed by atoms with Crippen LogP contribution in [0.1, 0.15) is 22.2 Å². The number of para-hydroxylation sites is 1. The molecule has 0 saturated carbocycles. The van der Waals surface area contributed by atoms with Gasteiger partial charge in [0.05, 0.1) is 21.8 Å². The van der Waals surface area contributed by atoms with Gasteiger partial charge < -0.3 is 14.3 Å². The van der Waals surface area contributed by atoms with Gasteiger partial charge in [-0.3, -0.25) is 14.5 Å². The minimum Gasteiger partial charge on any atom is -0.503 e. The lowest BCUT2D eigenvalue weighted by atomic mass is 9.95. The number of ether oxygens (including phenoxy) is 1. The highest BCUT2D eigenvalue weighted by Gasteiger charge is 2.46. The van der Waals surface area contributed by atoms with Crippen molar-refractivity contribution in [2.75, 3.05) is 11.5 Å². The fraction of sp³-hybridized carbons (Fsp3) is 0.0690. The van der Waals surface area contributed by atoms with Crippen LogP contribution in [-0.4, -0.2) is 28.4 Å². The summed E-state index contributed by atoms with van der Waals surface area (Å²) in [5, 5.41) is 12.7. The van der Waals surface area contributed by atoms with E-state index in [0.717, 1.165) is 10.1 Å². The second kappa shape index (κ2) is 9.48. The number of halogens is 1. The molecule has 0 aliphatic carbocycles. The monoisotopic (exact) mass is 542 g/mol. The lowest BCUT2D eigenvalue weighted by molar-refractivity contribution is -0.117. The SMILES string of the molecule is C=CCOc1ccc(C2C(C(=O)c3cc4ccccc4o3)=C(O)C(=O)N2c2nc3ccc(Cl)cc3s2)cc1. The van der Waals surface area contributed by atoms with Crippen molar-refractivity contribution in [3.05, 3.63) is 113 Å². The number of aliphatic hydroxyl groups is 1. The van der Waals surface area contributed by atoms with Gasteiger partial charge in [-0.15, -0.1) is 0 Å². The average molecular weight is 543 g/mol. The minimum atomic E-state index is -0.951. The van der Waals surface area contributed by atoms with Crippen molar-refractivity contribution in [1.82, 2.24) is 4.98 Å². The molecule has 2 aromatic heterocycles. The number of fused-ring (bicyclic) bond motifs is 2. The number of hydrogen-bond donors (Lipinski definition) is 1. The zero-order valence-electron chi connectivity index (χ0n) is 19.8. The molecule has 1 N–H and O–H groups in total. The summed E-state index contributed by atoms with van der Waals surface area (Å²) in [6.45, 7) is 3.98. The highest BCUT2D eigenvalue weighted by molar-refractivity contribution is 7.22. The summed E-state index contributed by atoms with van der Waals surface area (Å²) >= 11 is 7.40. The molecular formula is C29H19ClN2O5S. The number of hydrogen-bond acceptors (Lipinski definition) is 7. The number of aliphatic hydroxyl groups excluding tert-OH is 1. The third-order valence-electron chi connectivity index (χ3n) is 6.21. The fourth-order valence-corrected chi connectivity index (χ4v) is 5.74. The van der Waals surface area contributed by atoms with Crippen molar-refractivity contribution in [3.63, 3.8) is 0 Å². The van der Waals surface area contributed by atoms with E-state index < -0.39 is 23.5 Å². The van der Waals surface area contributed by atoms with Gasteiger partial charge in [0.2, 0.25) is 5.78 Å². The number of aromatic nitrogens is 1. The zero-order chi connectivity index (χ0) is 26.4. The molecule has 0 fully saturated rings. The quantitative estimate of drug-likeness (QED) is 0.175. The van der Waals surface area contributed by atoms with Gasteiger partial charge in [-0.2, -0.15) is 0 Å². The summed E-state index contributed by atoms with van der Waals surface area (Å²) < 4.78 is 12.2. The van der Waals surface area contributed by atoms with E-state index in [4.69, 9.17) is 20.8 Å². The molecule has 0 bridgehead atoms. The molecule has 1 unspecified atom stereocenters. The second-order valence-corrected chi connectivity index (χ2v) is 10.0. The van der Waals surface area contributed by atoms with Crippen molar-refractivity contribution in [1.29, 1.82) is 0 Å². The molecule has 188 valence electrons. The molecule has 5 aromatic rings. The van der Waals surface area contributed by atoms with Gasteiger partial charge in [-0.1, -0.05) is 65.9 Å². The Morgan fingerprint density at radius 1 is 1.16 bits per heavy atom. The van der Waals surface area contributed by atoms with Gasteiger partial charge in [0, 0.05) is 10.4 Å². The lowest BCUT2D eigenvalue weighted by Crippen LogP contribution is -2.30. The van der Waals surface area contributed by atoms with Crippen LogP contribution in [0.15, 0.2) is 101 Å². The predicted octanol–water partition coefficient (Wildman–Crippen LogP) is 7.04. The fourth-order valence-electron chi connectivity index (χ4n) is 4.47. The Balaban J connectivity index is 1.48. The van der Waals surface area contributed by atoms with Crippen LogP contribution >= 0.6 is 22.9 Å². The largest absolute Gasteiger partial charge is 0.503 e. The molecule has 6 rings (SSSR count). The number of carbonyl (C=O) groups is 2. The average Bonchev–Trinajstić information content (AvgIpc) is 3.61. The van der Waals surface area contributed by atoms with Crippen LogP contribution in [0, 0.1) is 0 Å². The Bertz CT molecular complexity index is 1740. The van der Waals surface area contributed by atoms with Crippen molar-refractivity contribution >= 4 is 60.9 Å². The zero-order valence-corrected chi connectivity index (χ0v) is 21.3. The van der Waals surface area contributed by atoms with Crippen LogP contribution in [0.25, 0.3) is 21.2 Å². The number of carbonyl (C=O) groups excluding carboxylic acids is 2. The maximum atomic E-state index is 13.8. The Hall–Kier alpha value is -4.40. The van der Waals surface area contributed by atoms with E-state index in [1.54, 1.807) is 66.7 Å². The van der Waals surface area contributed by atoms with E-state index in [0.29, 0.717) is 39.2 Å². The Kier molecular flexibility index (Phi) is 5.98. The number of furan rings is 1. The molecule has 7 nitrogen and oxygen atoms in total. The minimum absolute atomic E-state index is 0.0226. The molecule has 9 heteroatoms. The third-order valence-corrected chi connectivity index (χ3v) is 7.46. The van der Waals surface area contributed by atoms with Crippen molar-refractivity contribution < 1.29 is 23.8 Å². The molecule has 1 aliphatic rings. The van der Waals surface area contributed by atoms with Gasteiger partial charge in [-0.25, -0.2) is 4.98 Å². The van der Waals surface area contributed by atoms with Crippen molar-refractivity contribution in [3.8, 4) is 5.75 Å². The molecule has 0 radical (unpaired) electrons. The Morgan fingerprint density at radius 2 is 1.95 bits per heavy atom. The standard InChI is InChI=1S/C29H19ClN2O5S/c1-2-13-36-19-10-7-16(8-11-19)25-24(26(33)22-14-17-5-3-4-6-21(17)37-22)27(34)28(35)32(25)29-31-20-12-9-18(30)15-23(20)38-29/h2-12,14-15,25,34H,1,13H2. The van der Waals surface area contributed by atoms with Crippen LogP contribution in [0.2, 0.25) is 5.02 Å². The highest BCUT2D eigenvalue weighted by atomic mass is 35.5. The predicted molar refractivity (Wildman–Crippen MR) is 147 cm³/mol. The van der Waals surface area contributed by atoms with Crippen molar-refractivity contribution in [2.24, 2.45) is 0 Å². The van der Waals surface area contributed by atoms with E-state index in [2.05, 4.69) is 11.6 Å². The van der Waals surface area contributed by atoms with Gasteiger partial charge in [-0.05, 0) is 48.0 Å². The van der Waals surface area contributed by atoms with E-state index in [1.807, 2.05) is 12.1 Å². The smallest absolute Gasteiger partial charge is 0.296 e. The summed E-state index contributed by atoms with van der Waals surface area (Å²) in [4.78, 5) is 33.2. The molecule has 3 heterocycles. The molecule has 38 heavy (non-hydrogen) atoms. The Labute approximate surface area is 225 Å².